The van der Waals surface area contributed by atoms with E-state index in [0.717, 1.165) is 0 Å². The normalized spacial score (nSPS) is 10.1. The highest BCUT2D eigenvalue weighted by atomic mass is 16.6. The third-order valence-electron chi connectivity index (χ3n) is 2.32. The summed E-state index contributed by atoms with van der Waals surface area (Å²) in [6.45, 7) is 0. The summed E-state index contributed by atoms with van der Waals surface area (Å²) in [6.07, 6.45) is 1.37. The van der Waals surface area contributed by atoms with Crippen LogP contribution >= 0.6 is 0 Å². The standard InChI is InChI=1S/C11H10N4O2/c12-8-1-2-10(13)9(6-8)7-3-4-14-11(5-7)15(16)17/h1-6H,12-13H2. The first kappa shape index (κ1) is 10.9. The van der Waals surface area contributed by atoms with Gasteiger partial charge in [-0.25, -0.2) is 0 Å². The molecule has 17 heavy (non-hydrogen) atoms. The molecule has 4 N–H and O–H groups in total. The monoisotopic (exact) mass is 230 g/mol. The molecule has 0 atom stereocenters. The minimum atomic E-state index is -0.550. The predicted octanol–water partition coefficient (Wildman–Crippen LogP) is 1.82. The highest BCUT2D eigenvalue weighted by molar-refractivity contribution is 5.79. The molecule has 6 heteroatoms. The van der Waals surface area contributed by atoms with Gasteiger partial charge in [-0.15, -0.1) is 0 Å². The van der Waals surface area contributed by atoms with Crippen molar-refractivity contribution in [2.45, 2.75) is 0 Å². The van der Waals surface area contributed by atoms with Crippen LogP contribution in [0.15, 0.2) is 36.5 Å². The van der Waals surface area contributed by atoms with Gasteiger partial charge in [0.1, 0.15) is 6.20 Å². The Morgan fingerprint density at radius 2 is 1.94 bits per heavy atom. The van der Waals surface area contributed by atoms with E-state index >= 15 is 0 Å². The molecule has 2 aromatic rings. The van der Waals surface area contributed by atoms with Gasteiger partial charge < -0.3 is 21.6 Å². The molecule has 6 nitrogen and oxygen atoms in total. The van der Waals surface area contributed by atoms with Crippen molar-refractivity contribution in [3.8, 4) is 11.1 Å². The molecule has 1 aromatic heterocycles. The summed E-state index contributed by atoms with van der Waals surface area (Å²) in [5, 5.41) is 10.6. The van der Waals surface area contributed by atoms with Gasteiger partial charge in [0.2, 0.25) is 0 Å². The largest absolute Gasteiger partial charge is 0.399 e. The van der Waals surface area contributed by atoms with Gasteiger partial charge in [0, 0.05) is 23.0 Å². The molecule has 0 unspecified atom stereocenters. The lowest BCUT2D eigenvalue weighted by molar-refractivity contribution is -0.389. The zero-order valence-corrected chi connectivity index (χ0v) is 8.83. The molecule has 86 valence electrons. The number of pyridine rings is 1. The van der Waals surface area contributed by atoms with Crippen LogP contribution in [0.2, 0.25) is 0 Å². The van der Waals surface area contributed by atoms with E-state index < -0.39 is 4.92 Å². The molecule has 2 rings (SSSR count). The van der Waals surface area contributed by atoms with Crippen molar-refractivity contribution in [1.82, 2.24) is 4.98 Å². The number of rotatable bonds is 2. The van der Waals surface area contributed by atoms with Crippen LogP contribution < -0.4 is 11.5 Å². The Kier molecular flexibility index (Phi) is 2.61. The number of nitrogen functional groups attached to an aromatic ring is 2. The zero-order valence-electron chi connectivity index (χ0n) is 8.83. The van der Waals surface area contributed by atoms with Crippen LogP contribution in [0.1, 0.15) is 0 Å². The van der Waals surface area contributed by atoms with E-state index in [9.17, 15) is 10.1 Å². The SMILES string of the molecule is Nc1ccc(N)c(-c2ccnc([N+](=O)[O-])c2)c1. The fourth-order valence-corrected chi connectivity index (χ4v) is 1.51. The minimum absolute atomic E-state index is 0.218. The van der Waals surface area contributed by atoms with E-state index in [1.54, 1.807) is 24.3 Å². The van der Waals surface area contributed by atoms with Crippen LogP contribution in [0, 0.1) is 10.1 Å². The molecule has 0 saturated heterocycles. The second kappa shape index (κ2) is 4.09. The van der Waals surface area contributed by atoms with Gasteiger partial charge in [0.05, 0.1) is 0 Å². The maximum Gasteiger partial charge on any atom is 0.364 e. The maximum atomic E-state index is 10.6. The Bertz CT molecular complexity index is 583. The molecular formula is C11H10N4O2. The molecule has 0 aliphatic rings. The lowest BCUT2D eigenvalue weighted by Gasteiger charge is -2.06. The Labute approximate surface area is 97.0 Å². The van der Waals surface area contributed by atoms with E-state index in [-0.39, 0.29) is 5.82 Å². The molecule has 0 amide bonds. The number of hydrogen-bond acceptors (Lipinski definition) is 5. The molecule has 1 heterocycles. The van der Waals surface area contributed by atoms with Crippen molar-refractivity contribution < 1.29 is 4.92 Å². The van der Waals surface area contributed by atoms with Gasteiger partial charge in [-0.1, -0.05) is 0 Å². The van der Waals surface area contributed by atoms with Crippen LogP contribution in [0.25, 0.3) is 11.1 Å². The molecule has 0 spiro atoms. The Hall–Kier alpha value is -2.63. The highest BCUT2D eigenvalue weighted by Gasteiger charge is 2.10. The van der Waals surface area contributed by atoms with Gasteiger partial charge >= 0.3 is 5.82 Å². The van der Waals surface area contributed by atoms with Gasteiger partial charge in [-0.2, -0.15) is 0 Å². The number of nitrogens with two attached hydrogens (primary N) is 2. The first-order chi connectivity index (χ1) is 8.08. The fraction of sp³-hybridized carbons (Fsp3) is 0. The van der Waals surface area contributed by atoms with Crippen molar-refractivity contribution >= 4 is 17.2 Å². The van der Waals surface area contributed by atoms with Gasteiger partial charge in [0.15, 0.2) is 0 Å². The van der Waals surface area contributed by atoms with Crippen molar-refractivity contribution in [3.05, 3.63) is 46.6 Å². The number of nitrogens with zero attached hydrogens (tertiary/aromatic N) is 2. The topological polar surface area (TPSA) is 108 Å². The molecular weight excluding hydrogens is 220 g/mol. The fourth-order valence-electron chi connectivity index (χ4n) is 1.51. The number of anilines is 2. The molecule has 0 bridgehead atoms. The average molecular weight is 230 g/mol. The first-order valence-corrected chi connectivity index (χ1v) is 4.84. The Morgan fingerprint density at radius 1 is 1.18 bits per heavy atom. The van der Waals surface area contributed by atoms with E-state index in [1.165, 1.54) is 12.3 Å². The number of benzene rings is 1. The predicted molar refractivity (Wildman–Crippen MR) is 65.2 cm³/mol. The van der Waals surface area contributed by atoms with E-state index in [4.69, 9.17) is 11.5 Å². The van der Waals surface area contributed by atoms with Crippen LogP contribution in [-0.2, 0) is 0 Å². The number of hydrogen-bond donors (Lipinski definition) is 2. The quantitative estimate of drug-likeness (QED) is 0.464. The summed E-state index contributed by atoms with van der Waals surface area (Å²) in [6, 6.07) is 8.03. The third kappa shape index (κ3) is 2.15. The second-order valence-electron chi connectivity index (χ2n) is 3.51. The van der Waals surface area contributed by atoms with Crippen molar-refractivity contribution in [2.75, 3.05) is 11.5 Å². The van der Waals surface area contributed by atoms with Crippen LogP contribution in [0.4, 0.5) is 17.2 Å². The van der Waals surface area contributed by atoms with Gasteiger partial charge in [0.25, 0.3) is 0 Å². The summed E-state index contributed by atoms with van der Waals surface area (Å²) in [7, 11) is 0. The lowest BCUT2D eigenvalue weighted by Crippen LogP contribution is -1.95. The van der Waals surface area contributed by atoms with E-state index in [2.05, 4.69) is 4.98 Å². The molecule has 0 aliphatic carbocycles. The Balaban J connectivity index is 2.56. The molecule has 0 aliphatic heterocycles. The first-order valence-electron chi connectivity index (χ1n) is 4.84. The second-order valence-corrected chi connectivity index (χ2v) is 3.51. The minimum Gasteiger partial charge on any atom is -0.399 e. The van der Waals surface area contributed by atoms with Gasteiger partial charge in [-0.3, -0.25) is 0 Å². The highest BCUT2D eigenvalue weighted by Crippen LogP contribution is 2.29. The third-order valence-corrected chi connectivity index (χ3v) is 2.32. The summed E-state index contributed by atoms with van der Waals surface area (Å²) in [4.78, 5) is 13.7. The van der Waals surface area contributed by atoms with Crippen LogP contribution in [0.3, 0.4) is 0 Å². The average Bonchev–Trinajstić information content (AvgIpc) is 2.32. The number of aromatic nitrogens is 1. The lowest BCUT2D eigenvalue weighted by atomic mass is 10.0. The molecule has 1 aromatic carbocycles. The van der Waals surface area contributed by atoms with Crippen molar-refractivity contribution in [3.63, 3.8) is 0 Å². The molecule has 0 saturated carbocycles. The molecule has 0 fully saturated rings. The van der Waals surface area contributed by atoms with E-state index in [1.807, 2.05) is 0 Å². The summed E-state index contributed by atoms with van der Waals surface area (Å²) in [5.41, 5.74) is 13.8. The smallest absolute Gasteiger partial charge is 0.364 e. The molecule has 0 radical (unpaired) electrons. The van der Waals surface area contributed by atoms with Crippen LogP contribution in [-0.4, -0.2) is 9.91 Å². The van der Waals surface area contributed by atoms with E-state index in [0.29, 0.717) is 22.5 Å². The number of nitro groups is 1. The summed E-state index contributed by atoms with van der Waals surface area (Å²) < 4.78 is 0. The summed E-state index contributed by atoms with van der Waals surface area (Å²) in [5.74, 6) is -0.218. The van der Waals surface area contributed by atoms with Crippen LogP contribution in [0.5, 0.6) is 0 Å². The van der Waals surface area contributed by atoms with Crippen molar-refractivity contribution in [1.29, 1.82) is 0 Å². The summed E-state index contributed by atoms with van der Waals surface area (Å²) >= 11 is 0. The zero-order chi connectivity index (χ0) is 12.4. The maximum absolute atomic E-state index is 10.6. The van der Waals surface area contributed by atoms with Gasteiger partial charge in [-0.05, 0) is 39.7 Å². The van der Waals surface area contributed by atoms with Crippen molar-refractivity contribution in [2.24, 2.45) is 0 Å². The Morgan fingerprint density at radius 3 is 2.65 bits per heavy atom.